The molecule has 6 nitrogen and oxygen atoms in total. The van der Waals surface area contributed by atoms with Gasteiger partial charge in [-0.1, -0.05) is 42.5 Å². The molecular weight excluding hydrogens is 424 g/mol. The van der Waals surface area contributed by atoms with Crippen LogP contribution in [0.25, 0.3) is 33.7 Å². The molecule has 7 heteroatoms. The summed E-state index contributed by atoms with van der Waals surface area (Å²) in [7, 11) is 0. The molecular formula is C25H24N2O4S. The van der Waals surface area contributed by atoms with Gasteiger partial charge >= 0.3 is 5.97 Å². The molecule has 1 atom stereocenters. The van der Waals surface area contributed by atoms with Crippen molar-refractivity contribution in [1.29, 1.82) is 0 Å². The summed E-state index contributed by atoms with van der Waals surface area (Å²) < 4.78 is 6.13. The number of carbonyl (C=O) groups is 1. The lowest BCUT2D eigenvalue weighted by Crippen LogP contribution is -2.39. The highest BCUT2D eigenvalue weighted by Gasteiger charge is 2.18. The van der Waals surface area contributed by atoms with E-state index in [1.165, 1.54) is 0 Å². The van der Waals surface area contributed by atoms with E-state index in [1.807, 2.05) is 48.7 Å². The molecule has 0 fully saturated rings. The first kappa shape index (κ1) is 22.1. The monoisotopic (exact) mass is 448 g/mol. The molecule has 1 aromatic heterocycles. The molecule has 164 valence electrons. The predicted molar refractivity (Wildman–Crippen MR) is 127 cm³/mol. The van der Waals surface area contributed by atoms with E-state index >= 15 is 0 Å². The van der Waals surface area contributed by atoms with Crippen molar-refractivity contribution in [2.75, 3.05) is 12.9 Å². The van der Waals surface area contributed by atoms with Crippen molar-refractivity contribution in [3.8, 4) is 22.6 Å². The largest absolute Gasteiger partial charge is 0.480 e. The standard InChI is InChI=1S/C25H24N2O4S/c1-15-18(16-7-4-3-5-8-16)9-6-10-19(15)24-27-20-11-17(13-26-21(14-28)25(29)30)23(32-2)12-22(20)31-24/h3-12,21,26,28H,13-14H2,1-2H3,(H,29,30)/t21-/m1/s1. The zero-order chi connectivity index (χ0) is 22.7. The van der Waals surface area contributed by atoms with Crippen LogP contribution in [0.2, 0.25) is 0 Å². The molecule has 0 aliphatic carbocycles. The van der Waals surface area contributed by atoms with E-state index < -0.39 is 18.6 Å². The number of aromatic nitrogens is 1. The van der Waals surface area contributed by atoms with Crippen molar-refractivity contribution in [2.24, 2.45) is 0 Å². The van der Waals surface area contributed by atoms with E-state index in [2.05, 4.69) is 30.4 Å². The van der Waals surface area contributed by atoms with E-state index in [0.29, 0.717) is 23.5 Å². The highest BCUT2D eigenvalue weighted by Crippen LogP contribution is 2.34. The third kappa shape index (κ3) is 4.41. The average molecular weight is 449 g/mol. The molecule has 0 saturated heterocycles. The lowest BCUT2D eigenvalue weighted by Gasteiger charge is -2.13. The third-order valence-electron chi connectivity index (χ3n) is 5.46. The van der Waals surface area contributed by atoms with Gasteiger partial charge in [0.05, 0.1) is 6.61 Å². The fourth-order valence-corrected chi connectivity index (χ4v) is 4.32. The Balaban J connectivity index is 1.71. The number of aliphatic hydroxyl groups excluding tert-OH is 1. The molecule has 1 heterocycles. The second kappa shape index (κ2) is 9.56. The van der Waals surface area contributed by atoms with Crippen LogP contribution in [0, 0.1) is 6.92 Å². The summed E-state index contributed by atoms with van der Waals surface area (Å²) in [5.74, 6) is -0.539. The number of carboxylic acids is 1. The highest BCUT2D eigenvalue weighted by molar-refractivity contribution is 7.98. The Morgan fingerprint density at radius 1 is 1.12 bits per heavy atom. The fraction of sp³-hybridized carbons (Fsp3) is 0.200. The van der Waals surface area contributed by atoms with Crippen LogP contribution in [-0.2, 0) is 11.3 Å². The number of aliphatic carboxylic acids is 1. The molecule has 0 radical (unpaired) electrons. The molecule has 4 rings (SSSR count). The molecule has 0 aliphatic rings. The number of rotatable bonds is 8. The molecule has 0 spiro atoms. The number of oxazole rings is 1. The highest BCUT2D eigenvalue weighted by atomic mass is 32.2. The smallest absolute Gasteiger partial charge is 0.323 e. The third-order valence-corrected chi connectivity index (χ3v) is 6.28. The summed E-state index contributed by atoms with van der Waals surface area (Å²) in [6, 6.07) is 19.1. The predicted octanol–water partition coefficient (Wildman–Crippen LogP) is 4.73. The summed E-state index contributed by atoms with van der Waals surface area (Å²) in [5.41, 5.74) is 6.56. The maximum atomic E-state index is 11.2. The number of thioether (sulfide) groups is 1. The van der Waals surface area contributed by atoms with E-state index in [9.17, 15) is 9.90 Å². The molecule has 0 bridgehead atoms. The number of carboxylic acid groups (broad SMARTS) is 1. The van der Waals surface area contributed by atoms with Crippen LogP contribution in [0.3, 0.4) is 0 Å². The van der Waals surface area contributed by atoms with Crippen LogP contribution < -0.4 is 5.32 Å². The van der Waals surface area contributed by atoms with E-state index in [-0.39, 0.29) is 0 Å². The number of hydrogen-bond acceptors (Lipinski definition) is 6. The van der Waals surface area contributed by atoms with Gasteiger partial charge in [0.15, 0.2) is 5.58 Å². The van der Waals surface area contributed by atoms with Crippen LogP contribution in [0.5, 0.6) is 0 Å². The molecule has 32 heavy (non-hydrogen) atoms. The number of nitrogens with one attached hydrogen (secondary N) is 1. The van der Waals surface area contributed by atoms with Crippen LogP contribution in [-0.4, -0.2) is 40.1 Å². The molecule has 3 N–H and O–H groups in total. The van der Waals surface area contributed by atoms with Gasteiger partial charge in [-0.25, -0.2) is 4.98 Å². The molecule has 0 aliphatic heterocycles. The second-order valence-corrected chi connectivity index (χ2v) is 8.30. The number of nitrogens with zero attached hydrogens (tertiary/aromatic N) is 1. The normalized spacial score (nSPS) is 12.2. The van der Waals surface area contributed by atoms with E-state index in [4.69, 9.17) is 14.5 Å². The van der Waals surface area contributed by atoms with Gasteiger partial charge in [-0.05, 0) is 53.6 Å². The van der Waals surface area contributed by atoms with Gasteiger partial charge in [0.1, 0.15) is 11.6 Å². The lowest BCUT2D eigenvalue weighted by atomic mass is 9.96. The Bertz CT molecular complexity index is 1250. The van der Waals surface area contributed by atoms with Crippen LogP contribution in [0.4, 0.5) is 0 Å². The summed E-state index contributed by atoms with van der Waals surface area (Å²) in [6.07, 6.45) is 1.95. The topological polar surface area (TPSA) is 95.6 Å². The summed E-state index contributed by atoms with van der Waals surface area (Å²) in [6.45, 7) is 1.89. The minimum atomic E-state index is -1.09. The minimum Gasteiger partial charge on any atom is -0.480 e. The maximum Gasteiger partial charge on any atom is 0.323 e. The summed E-state index contributed by atoms with van der Waals surface area (Å²) in [5, 5.41) is 21.3. The van der Waals surface area contributed by atoms with Gasteiger partial charge < -0.3 is 14.6 Å². The van der Waals surface area contributed by atoms with Gasteiger partial charge in [0.25, 0.3) is 0 Å². The Morgan fingerprint density at radius 2 is 1.88 bits per heavy atom. The maximum absolute atomic E-state index is 11.2. The quantitative estimate of drug-likeness (QED) is 0.336. The minimum absolute atomic E-state index is 0.300. The molecule has 0 saturated carbocycles. The van der Waals surface area contributed by atoms with Gasteiger partial charge in [-0.3, -0.25) is 10.1 Å². The average Bonchev–Trinajstić information content (AvgIpc) is 3.22. The summed E-state index contributed by atoms with van der Waals surface area (Å²) >= 11 is 1.55. The zero-order valence-electron chi connectivity index (χ0n) is 17.8. The van der Waals surface area contributed by atoms with Crippen molar-refractivity contribution in [2.45, 2.75) is 24.4 Å². The Hall–Kier alpha value is -3.13. The van der Waals surface area contributed by atoms with Crippen LogP contribution in [0.1, 0.15) is 11.1 Å². The first-order valence-corrected chi connectivity index (χ1v) is 11.4. The number of aliphatic hydroxyl groups is 1. The van der Waals surface area contributed by atoms with Gasteiger partial charge in [-0.15, -0.1) is 11.8 Å². The van der Waals surface area contributed by atoms with Gasteiger partial charge in [0, 0.05) is 17.0 Å². The van der Waals surface area contributed by atoms with E-state index in [0.717, 1.165) is 32.7 Å². The SMILES string of the molecule is CSc1cc2oc(-c3cccc(-c4ccccc4)c3C)nc2cc1CN[C@H](CO)C(=O)O. The van der Waals surface area contributed by atoms with Crippen molar-refractivity contribution < 1.29 is 19.4 Å². The van der Waals surface area contributed by atoms with Gasteiger partial charge in [-0.2, -0.15) is 0 Å². The Kier molecular flexibility index (Phi) is 6.60. The van der Waals surface area contributed by atoms with Crippen molar-refractivity contribution in [3.05, 3.63) is 71.8 Å². The fourth-order valence-electron chi connectivity index (χ4n) is 3.70. The molecule has 0 amide bonds. The molecule has 0 unspecified atom stereocenters. The van der Waals surface area contributed by atoms with Crippen molar-refractivity contribution in [1.82, 2.24) is 10.3 Å². The lowest BCUT2D eigenvalue weighted by molar-refractivity contribution is -0.140. The first-order chi connectivity index (χ1) is 15.5. The first-order valence-electron chi connectivity index (χ1n) is 10.2. The summed E-state index contributed by atoms with van der Waals surface area (Å²) in [4.78, 5) is 16.9. The van der Waals surface area contributed by atoms with Gasteiger partial charge in [0.2, 0.25) is 5.89 Å². The van der Waals surface area contributed by atoms with E-state index in [1.54, 1.807) is 11.8 Å². The zero-order valence-corrected chi connectivity index (χ0v) is 18.6. The number of hydrogen-bond donors (Lipinski definition) is 3. The molecule has 4 aromatic rings. The van der Waals surface area contributed by atoms with Crippen LogP contribution >= 0.6 is 11.8 Å². The van der Waals surface area contributed by atoms with Crippen LogP contribution in [0.15, 0.2) is 70.0 Å². The number of benzene rings is 3. The number of fused-ring (bicyclic) bond motifs is 1. The Labute approximate surface area is 190 Å². The molecule has 3 aromatic carbocycles. The second-order valence-electron chi connectivity index (χ2n) is 7.45. The Morgan fingerprint density at radius 3 is 2.56 bits per heavy atom. The van der Waals surface area contributed by atoms with Crippen molar-refractivity contribution in [3.63, 3.8) is 0 Å². The van der Waals surface area contributed by atoms with Crippen molar-refractivity contribution >= 4 is 28.8 Å².